The zero-order valence-electron chi connectivity index (χ0n) is 14.7. The second kappa shape index (κ2) is 6.35. The van der Waals surface area contributed by atoms with Gasteiger partial charge in [-0.3, -0.25) is 4.90 Å². The minimum atomic E-state index is -0.241. The van der Waals surface area contributed by atoms with E-state index in [1.807, 2.05) is 19.1 Å². The molecule has 3 heterocycles. The van der Waals surface area contributed by atoms with Crippen molar-refractivity contribution >= 4 is 17.6 Å². The van der Waals surface area contributed by atoms with Gasteiger partial charge in [-0.15, -0.1) is 0 Å². The average Bonchev–Trinajstić information content (AvgIpc) is 3.06. The third-order valence-electron chi connectivity index (χ3n) is 4.86. The fourth-order valence-corrected chi connectivity index (χ4v) is 3.61. The van der Waals surface area contributed by atoms with Crippen LogP contribution in [0.3, 0.4) is 0 Å². The molecule has 1 fully saturated rings. The number of hydrogen-bond donors (Lipinski definition) is 0. The molecule has 4 rings (SSSR count). The van der Waals surface area contributed by atoms with Gasteiger partial charge < -0.3 is 9.64 Å². The minimum absolute atomic E-state index is 0.241. The molecule has 130 valence electrons. The van der Waals surface area contributed by atoms with Crippen LogP contribution in [0.25, 0.3) is 0 Å². The van der Waals surface area contributed by atoms with Crippen molar-refractivity contribution in [3.05, 3.63) is 46.9 Å². The molecule has 0 N–H and O–H groups in total. The number of nitrogens with zero attached hydrogens (tertiary/aromatic N) is 4. The fourth-order valence-electron chi connectivity index (χ4n) is 3.61. The summed E-state index contributed by atoms with van der Waals surface area (Å²) in [4.78, 5) is 25.1. The van der Waals surface area contributed by atoms with Gasteiger partial charge in [0.05, 0.1) is 12.2 Å². The molecule has 0 bridgehead atoms. The summed E-state index contributed by atoms with van der Waals surface area (Å²) < 4.78 is 5.10. The van der Waals surface area contributed by atoms with Gasteiger partial charge in [0.1, 0.15) is 18.2 Å². The monoisotopic (exact) mass is 338 g/mol. The van der Waals surface area contributed by atoms with Gasteiger partial charge in [0, 0.05) is 24.8 Å². The van der Waals surface area contributed by atoms with Crippen molar-refractivity contribution in [1.82, 2.24) is 9.97 Å². The number of cyclic esters (lactones) is 1. The number of hydrogen-bond acceptors (Lipinski definition) is 5. The summed E-state index contributed by atoms with van der Waals surface area (Å²) in [5.41, 5.74) is 4.56. The molecule has 0 atom stereocenters. The lowest BCUT2D eigenvalue weighted by Crippen LogP contribution is -2.33. The van der Waals surface area contributed by atoms with Crippen molar-refractivity contribution in [2.45, 2.75) is 33.2 Å². The van der Waals surface area contributed by atoms with Crippen LogP contribution in [0.2, 0.25) is 0 Å². The molecule has 1 saturated heterocycles. The van der Waals surface area contributed by atoms with Crippen LogP contribution in [0, 0.1) is 6.92 Å². The standard InChI is InChI=1S/C19H22N4O2/c1-3-15-11-18(21-13(2)20-15)22-8-7-16-14(12-22)5-4-6-17(16)23-9-10-25-19(23)24/h4-6,11H,3,7-10,12H2,1-2H3. The highest BCUT2D eigenvalue weighted by Gasteiger charge is 2.28. The molecule has 2 aromatic rings. The van der Waals surface area contributed by atoms with Crippen molar-refractivity contribution in [3.8, 4) is 0 Å². The van der Waals surface area contributed by atoms with E-state index in [1.165, 1.54) is 11.1 Å². The zero-order chi connectivity index (χ0) is 17.4. The van der Waals surface area contributed by atoms with E-state index in [4.69, 9.17) is 4.74 Å². The number of carbonyl (C=O) groups excluding carboxylic acids is 1. The molecule has 2 aliphatic rings. The van der Waals surface area contributed by atoms with Gasteiger partial charge >= 0.3 is 6.09 Å². The Morgan fingerprint density at radius 3 is 2.88 bits per heavy atom. The first-order valence-electron chi connectivity index (χ1n) is 8.80. The smallest absolute Gasteiger partial charge is 0.414 e. The number of aryl methyl sites for hydroxylation is 2. The lowest BCUT2D eigenvalue weighted by Gasteiger charge is -2.32. The molecular formula is C19H22N4O2. The first kappa shape index (κ1) is 15.9. The minimum Gasteiger partial charge on any atom is -0.447 e. The normalized spacial score (nSPS) is 16.8. The first-order chi connectivity index (χ1) is 12.2. The Kier molecular flexibility index (Phi) is 4.03. The summed E-state index contributed by atoms with van der Waals surface area (Å²) in [5.74, 6) is 1.80. The SMILES string of the molecule is CCc1cc(N2CCc3c(cccc3N3CCOC3=O)C2)nc(C)n1. The number of fused-ring (bicyclic) bond motifs is 1. The molecule has 1 amide bonds. The van der Waals surface area contributed by atoms with E-state index in [1.54, 1.807) is 4.90 Å². The van der Waals surface area contributed by atoms with E-state index in [2.05, 4.69) is 33.9 Å². The topological polar surface area (TPSA) is 58.6 Å². The number of ether oxygens (including phenoxy) is 1. The third kappa shape index (κ3) is 2.92. The molecule has 2 aliphatic heterocycles. The Labute approximate surface area is 147 Å². The Balaban J connectivity index is 1.64. The summed E-state index contributed by atoms with van der Waals surface area (Å²) in [7, 11) is 0. The highest BCUT2D eigenvalue weighted by molar-refractivity contribution is 5.90. The quantitative estimate of drug-likeness (QED) is 0.861. The van der Waals surface area contributed by atoms with Crippen LogP contribution in [-0.2, 0) is 24.1 Å². The van der Waals surface area contributed by atoms with Gasteiger partial charge in [-0.1, -0.05) is 19.1 Å². The molecule has 25 heavy (non-hydrogen) atoms. The zero-order valence-corrected chi connectivity index (χ0v) is 14.7. The Bertz CT molecular complexity index is 821. The highest BCUT2D eigenvalue weighted by atomic mass is 16.6. The molecule has 6 heteroatoms. The van der Waals surface area contributed by atoms with Gasteiger partial charge in [0.25, 0.3) is 0 Å². The van der Waals surface area contributed by atoms with E-state index >= 15 is 0 Å². The Morgan fingerprint density at radius 2 is 2.12 bits per heavy atom. The molecule has 0 radical (unpaired) electrons. The van der Waals surface area contributed by atoms with Gasteiger partial charge in [0.2, 0.25) is 0 Å². The molecule has 0 aliphatic carbocycles. The molecular weight excluding hydrogens is 316 g/mol. The largest absolute Gasteiger partial charge is 0.447 e. The highest BCUT2D eigenvalue weighted by Crippen LogP contribution is 2.32. The van der Waals surface area contributed by atoms with Crippen LogP contribution in [0.15, 0.2) is 24.3 Å². The number of amides is 1. The van der Waals surface area contributed by atoms with Gasteiger partial charge in [0.15, 0.2) is 0 Å². The van der Waals surface area contributed by atoms with Crippen LogP contribution >= 0.6 is 0 Å². The van der Waals surface area contributed by atoms with Crippen molar-refractivity contribution in [1.29, 1.82) is 0 Å². The summed E-state index contributed by atoms with van der Waals surface area (Å²) in [6.45, 7) is 6.83. The van der Waals surface area contributed by atoms with Crippen LogP contribution in [0.5, 0.6) is 0 Å². The average molecular weight is 338 g/mol. The van der Waals surface area contributed by atoms with Crippen molar-refractivity contribution in [2.24, 2.45) is 0 Å². The van der Waals surface area contributed by atoms with Crippen molar-refractivity contribution < 1.29 is 9.53 Å². The third-order valence-corrected chi connectivity index (χ3v) is 4.86. The number of carbonyl (C=O) groups is 1. The van der Waals surface area contributed by atoms with E-state index in [9.17, 15) is 4.79 Å². The second-order valence-electron chi connectivity index (χ2n) is 6.47. The summed E-state index contributed by atoms with van der Waals surface area (Å²) in [6, 6.07) is 8.26. The van der Waals surface area contributed by atoms with E-state index < -0.39 is 0 Å². The molecule has 0 spiro atoms. The summed E-state index contributed by atoms with van der Waals surface area (Å²) >= 11 is 0. The number of benzene rings is 1. The molecule has 6 nitrogen and oxygen atoms in total. The first-order valence-corrected chi connectivity index (χ1v) is 8.80. The van der Waals surface area contributed by atoms with E-state index in [0.717, 1.165) is 49.0 Å². The lowest BCUT2D eigenvalue weighted by molar-refractivity contribution is 0.181. The maximum absolute atomic E-state index is 11.9. The predicted molar refractivity (Wildman–Crippen MR) is 96.0 cm³/mol. The van der Waals surface area contributed by atoms with Gasteiger partial charge in [-0.25, -0.2) is 14.8 Å². The predicted octanol–water partition coefficient (Wildman–Crippen LogP) is 2.87. The number of anilines is 2. The Hall–Kier alpha value is -2.63. The van der Waals surface area contributed by atoms with Crippen LogP contribution in [0.4, 0.5) is 16.3 Å². The molecule has 0 saturated carbocycles. The van der Waals surface area contributed by atoms with E-state index in [0.29, 0.717) is 13.2 Å². The van der Waals surface area contributed by atoms with Gasteiger partial charge in [-0.2, -0.15) is 0 Å². The number of rotatable bonds is 3. The maximum Gasteiger partial charge on any atom is 0.414 e. The van der Waals surface area contributed by atoms with E-state index in [-0.39, 0.29) is 6.09 Å². The van der Waals surface area contributed by atoms with Gasteiger partial charge in [-0.05, 0) is 37.0 Å². The molecule has 0 unspecified atom stereocenters. The molecule has 1 aromatic carbocycles. The fraction of sp³-hybridized carbons (Fsp3) is 0.421. The second-order valence-corrected chi connectivity index (χ2v) is 6.47. The summed E-state index contributed by atoms with van der Waals surface area (Å²) in [5, 5.41) is 0. The molecule has 1 aromatic heterocycles. The number of aromatic nitrogens is 2. The maximum atomic E-state index is 11.9. The van der Waals surface area contributed by atoms with Crippen LogP contribution in [-0.4, -0.2) is 35.8 Å². The summed E-state index contributed by atoms with van der Waals surface area (Å²) in [6.07, 6.45) is 1.55. The lowest BCUT2D eigenvalue weighted by atomic mass is 9.97. The van der Waals surface area contributed by atoms with Crippen molar-refractivity contribution in [3.63, 3.8) is 0 Å². The van der Waals surface area contributed by atoms with Crippen molar-refractivity contribution in [2.75, 3.05) is 29.5 Å². The van der Waals surface area contributed by atoms with Crippen LogP contribution < -0.4 is 9.80 Å². The Morgan fingerprint density at radius 1 is 1.24 bits per heavy atom. The van der Waals surface area contributed by atoms with Crippen LogP contribution in [0.1, 0.15) is 29.6 Å².